The first-order chi connectivity index (χ1) is 17.9. The van der Waals surface area contributed by atoms with Crippen LogP contribution in [0.15, 0.2) is 48.8 Å². The number of ether oxygens (including phenoxy) is 1. The van der Waals surface area contributed by atoms with Gasteiger partial charge in [0.15, 0.2) is 17.0 Å². The highest BCUT2D eigenvalue weighted by Gasteiger charge is 2.29. The van der Waals surface area contributed by atoms with Gasteiger partial charge in [0.25, 0.3) is 0 Å². The van der Waals surface area contributed by atoms with E-state index in [0.717, 1.165) is 43.4 Å². The molecule has 9 heteroatoms. The molecule has 1 aliphatic heterocycles. The Morgan fingerprint density at radius 3 is 2.38 bits per heavy atom. The number of aryl methyl sites for hydroxylation is 2. The van der Waals surface area contributed by atoms with Crippen molar-refractivity contribution < 1.29 is 9.84 Å². The molecule has 0 saturated carbocycles. The summed E-state index contributed by atoms with van der Waals surface area (Å²) in [6, 6.07) is 14.3. The third kappa shape index (κ3) is 4.84. The average Bonchev–Trinajstić information content (AvgIpc) is 3.25. The van der Waals surface area contributed by atoms with Crippen molar-refractivity contribution in [2.24, 2.45) is 0 Å². The Morgan fingerprint density at radius 1 is 0.973 bits per heavy atom. The van der Waals surface area contributed by atoms with E-state index < -0.39 is 6.10 Å². The fourth-order valence-corrected chi connectivity index (χ4v) is 5.12. The second-order valence-corrected chi connectivity index (χ2v) is 9.66. The number of imidazole rings is 1. The molecule has 2 aromatic heterocycles. The number of anilines is 2. The smallest absolute Gasteiger partial charge is 0.170 e. The van der Waals surface area contributed by atoms with E-state index in [9.17, 15) is 5.11 Å². The lowest BCUT2D eigenvalue weighted by atomic mass is 10.1. The number of benzene rings is 2. The predicted molar refractivity (Wildman–Crippen MR) is 147 cm³/mol. The van der Waals surface area contributed by atoms with Gasteiger partial charge >= 0.3 is 0 Å². The molecule has 9 nitrogen and oxygen atoms in total. The van der Waals surface area contributed by atoms with E-state index in [0.29, 0.717) is 17.0 Å². The van der Waals surface area contributed by atoms with Crippen LogP contribution in [0.25, 0.3) is 16.9 Å². The normalized spacial score (nSPS) is 16.1. The maximum Gasteiger partial charge on any atom is 0.170 e. The Labute approximate surface area is 217 Å². The van der Waals surface area contributed by atoms with Crippen molar-refractivity contribution in [3.63, 3.8) is 0 Å². The largest absolute Gasteiger partial charge is 0.497 e. The van der Waals surface area contributed by atoms with Crippen molar-refractivity contribution >= 4 is 22.7 Å². The van der Waals surface area contributed by atoms with Crippen LogP contribution in [0.1, 0.15) is 23.9 Å². The summed E-state index contributed by atoms with van der Waals surface area (Å²) in [4.78, 5) is 18.6. The van der Waals surface area contributed by atoms with Crippen molar-refractivity contribution in [2.45, 2.75) is 40.0 Å². The van der Waals surface area contributed by atoms with Gasteiger partial charge in [-0.15, -0.1) is 0 Å². The molecular weight excluding hydrogens is 466 g/mol. The number of nitrogens with one attached hydrogen (secondary N) is 1. The molecule has 2 unspecified atom stereocenters. The van der Waals surface area contributed by atoms with E-state index in [2.05, 4.69) is 57.1 Å². The molecule has 37 heavy (non-hydrogen) atoms. The van der Waals surface area contributed by atoms with Crippen LogP contribution in [0.4, 0.5) is 11.5 Å². The van der Waals surface area contributed by atoms with Crippen LogP contribution in [0, 0.1) is 20.8 Å². The zero-order valence-corrected chi connectivity index (χ0v) is 22.1. The van der Waals surface area contributed by atoms with Crippen LogP contribution >= 0.6 is 0 Å². The van der Waals surface area contributed by atoms with Crippen LogP contribution in [0.2, 0.25) is 0 Å². The second kappa shape index (κ2) is 10.4. The highest BCUT2D eigenvalue weighted by Crippen LogP contribution is 2.27. The topological polar surface area (TPSA) is 91.6 Å². The molecule has 5 rings (SSSR count). The van der Waals surface area contributed by atoms with Gasteiger partial charge < -0.3 is 20.1 Å². The fourth-order valence-electron chi connectivity index (χ4n) is 5.12. The molecule has 0 radical (unpaired) electrons. The molecular formula is C28H35N7O2. The second-order valence-electron chi connectivity index (χ2n) is 9.66. The number of rotatable bonds is 7. The molecule has 0 bridgehead atoms. The summed E-state index contributed by atoms with van der Waals surface area (Å²) in [5, 5.41) is 14.2. The fraction of sp³-hybridized carbons (Fsp3) is 0.393. The highest BCUT2D eigenvalue weighted by atomic mass is 16.5. The number of piperazine rings is 1. The van der Waals surface area contributed by atoms with Gasteiger partial charge in [0, 0.05) is 37.6 Å². The van der Waals surface area contributed by atoms with Gasteiger partial charge in [0.1, 0.15) is 24.1 Å². The summed E-state index contributed by atoms with van der Waals surface area (Å²) in [5.74, 6) is 2.21. The molecule has 0 aliphatic carbocycles. The van der Waals surface area contributed by atoms with Crippen LogP contribution in [-0.4, -0.2) is 75.1 Å². The third-order valence-electron chi connectivity index (χ3n) is 7.31. The van der Waals surface area contributed by atoms with Gasteiger partial charge in [-0.3, -0.25) is 9.47 Å². The van der Waals surface area contributed by atoms with Gasteiger partial charge in [-0.2, -0.15) is 0 Å². The number of fused-ring (bicyclic) bond motifs is 1. The standard InChI is InChI=1S/C28H35N7O2/c1-18-7-6-8-24(19(18)2)33-13-15-34(16-14-33)27(20(3)36)32-26-25-28(30-17-29-26)35(21(4)31-25)22-9-11-23(37-5)12-10-22/h6-12,17,20,27,36H,13-16H2,1-5H3,(H,29,30,32). The van der Waals surface area contributed by atoms with Crippen molar-refractivity contribution in [1.29, 1.82) is 0 Å². The van der Waals surface area contributed by atoms with Crippen LogP contribution in [0.3, 0.4) is 0 Å². The van der Waals surface area contributed by atoms with Crippen LogP contribution in [0.5, 0.6) is 5.75 Å². The summed E-state index contributed by atoms with van der Waals surface area (Å²) in [6.45, 7) is 11.5. The minimum atomic E-state index is -0.609. The first kappa shape index (κ1) is 25.0. The van der Waals surface area contributed by atoms with E-state index in [4.69, 9.17) is 9.72 Å². The van der Waals surface area contributed by atoms with Gasteiger partial charge in [-0.25, -0.2) is 15.0 Å². The minimum Gasteiger partial charge on any atom is -0.497 e. The van der Waals surface area contributed by atoms with Crippen molar-refractivity contribution in [3.8, 4) is 11.4 Å². The summed E-state index contributed by atoms with van der Waals surface area (Å²) in [5.41, 5.74) is 6.26. The Balaban J connectivity index is 1.38. The maximum absolute atomic E-state index is 10.7. The molecule has 2 aromatic carbocycles. The first-order valence-electron chi connectivity index (χ1n) is 12.7. The van der Waals surface area contributed by atoms with E-state index in [1.54, 1.807) is 13.4 Å². The summed E-state index contributed by atoms with van der Waals surface area (Å²) in [7, 11) is 1.65. The Morgan fingerprint density at radius 2 is 1.70 bits per heavy atom. The minimum absolute atomic E-state index is 0.301. The molecule has 1 aliphatic rings. The Hall–Kier alpha value is -3.69. The van der Waals surface area contributed by atoms with E-state index in [1.165, 1.54) is 16.8 Å². The number of aliphatic hydroxyl groups excluding tert-OH is 1. The molecule has 4 aromatic rings. The average molecular weight is 502 g/mol. The highest BCUT2D eigenvalue weighted by molar-refractivity contribution is 5.84. The number of aliphatic hydroxyl groups is 1. The first-order valence-corrected chi connectivity index (χ1v) is 12.7. The lowest BCUT2D eigenvalue weighted by Crippen LogP contribution is -2.56. The molecule has 0 amide bonds. The molecule has 1 saturated heterocycles. The van der Waals surface area contributed by atoms with Gasteiger partial charge in [0.05, 0.1) is 13.2 Å². The number of hydrogen-bond donors (Lipinski definition) is 2. The van der Waals surface area contributed by atoms with Crippen LogP contribution < -0.4 is 15.0 Å². The lowest BCUT2D eigenvalue weighted by Gasteiger charge is -2.42. The Bertz CT molecular complexity index is 1380. The SMILES string of the molecule is COc1ccc(-n2c(C)nc3c(NC(C(C)O)N4CCN(c5cccc(C)c5C)CC4)ncnc32)cc1. The number of aromatic nitrogens is 4. The summed E-state index contributed by atoms with van der Waals surface area (Å²) in [6.07, 6.45) is 0.635. The van der Waals surface area contributed by atoms with E-state index >= 15 is 0 Å². The number of methoxy groups -OCH3 is 1. The monoisotopic (exact) mass is 501 g/mol. The maximum atomic E-state index is 10.7. The number of hydrogen-bond acceptors (Lipinski definition) is 8. The van der Waals surface area contributed by atoms with Crippen molar-refractivity contribution in [3.05, 3.63) is 65.7 Å². The zero-order chi connectivity index (χ0) is 26.1. The third-order valence-corrected chi connectivity index (χ3v) is 7.31. The lowest BCUT2D eigenvalue weighted by molar-refractivity contribution is 0.0720. The van der Waals surface area contributed by atoms with Crippen molar-refractivity contribution in [2.75, 3.05) is 43.5 Å². The van der Waals surface area contributed by atoms with Gasteiger partial charge in [0.2, 0.25) is 0 Å². The summed E-state index contributed by atoms with van der Waals surface area (Å²) < 4.78 is 7.30. The van der Waals surface area contributed by atoms with E-state index in [-0.39, 0.29) is 6.17 Å². The summed E-state index contributed by atoms with van der Waals surface area (Å²) >= 11 is 0. The molecule has 2 atom stereocenters. The van der Waals surface area contributed by atoms with E-state index in [1.807, 2.05) is 42.7 Å². The van der Waals surface area contributed by atoms with Gasteiger partial charge in [-0.1, -0.05) is 12.1 Å². The quantitative estimate of drug-likeness (QED) is 0.396. The van der Waals surface area contributed by atoms with Crippen molar-refractivity contribution in [1.82, 2.24) is 24.4 Å². The zero-order valence-electron chi connectivity index (χ0n) is 22.1. The molecule has 1 fully saturated rings. The predicted octanol–water partition coefficient (Wildman–Crippen LogP) is 3.69. The molecule has 0 spiro atoms. The molecule has 194 valence electrons. The van der Waals surface area contributed by atoms with Gasteiger partial charge in [-0.05, 0) is 69.2 Å². The Kier molecular flexibility index (Phi) is 6.99. The molecule has 3 heterocycles. The number of nitrogens with zero attached hydrogens (tertiary/aromatic N) is 6. The molecule has 2 N–H and O–H groups in total. The van der Waals surface area contributed by atoms with Crippen LogP contribution in [-0.2, 0) is 0 Å².